The minimum atomic E-state index is -0.371. The predicted octanol–water partition coefficient (Wildman–Crippen LogP) is 3.06. The van der Waals surface area contributed by atoms with Crippen LogP contribution in [0, 0.1) is 11.3 Å². The highest BCUT2D eigenvalue weighted by molar-refractivity contribution is 9.09. The summed E-state index contributed by atoms with van der Waals surface area (Å²) in [5, 5.41) is 9.81. The Morgan fingerprint density at radius 3 is 2.82 bits per heavy atom. The van der Waals surface area contributed by atoms with Gasteiger partial charge in [-0.25, -0.2) is 4.79 Å². The molecule has 1 aromatic carbocycles. The molecule has 0 amide bonds. The number of carbonyl (C=O) groups excluding carboxylic acids is 1. The molecule has 0 aliphatic heterocycles. The van der Waals surface area contributed by atoms with Crippen molar-refractivity contribution in [1.29, 1.82) is 5.26 Å². The summed E-state index contributed by atoms with van der Waals surface area (Å²) in [6.45, 7) is 2.10. The van der Waals surface area contributed by atoms with Crippen LogP contribution < -0.4 is 0 Å². The van der Waals surface area contributed by atoms with Crippen molar-refractivity contribution >= 4 is 21.9 Å². The molecule has 17 heavy (non-hydrogen) atoms. The molecule has 0 heterocycles. The molecule has 0 spiro atoms. The lowest BCUT2D eigenvalue weighted by atomic mass is 10.0. The zero-order valence-electron chi connectivity index (χ0n) is 9.70. The molecule has 1 rings (SSSR count). The monoisotopic (exact) mass is 295 g/mol. The van der Waals surface area contributed by atoms with Gasteiger partial charge in [0, 0.05) is 5.33 Å². The predicted molar refractivity (Wildman–Crippen MR) is 69.2 cm³/mol. The standard InChI is InChI=1S/C13H14BrNO2/c1-2-17-13(16)12-7-10(4-3-5-14)6-11(8-12)9-15/h6-8H,2-5H2,1H3. The van der Waals surface area contributed by atoms with Gasteiger partial charge in [0.1, 0.15) is 0 Å². The summed E-state index contributed by atoms with van der Waals surface area (Å²) in [5.74, 6) is -0.371. The first-order valence-electron chi connectivity index (χ1n) is 5.48. The van der Waals surface area contributed by atoms with Crippen molar-refractivity contribution < 1.29 is 9.53 Å². The van der Waals surface area contributed by atoms with Gasteiger partial charge in [-0.05, 0) is 43.5 Å². The maximum atomic E-state index is 11.6. The number of nitrogens with zero attached hydrogens (tertiary/aromatic N) is 1. The van der Waals surface area contributed by atoms with E-state index in [-0.39, 0.29) is 5.97 Å². The number of carbonyl (C=O) groups is 1. The van der Waals surface area contributed by atoms with E-state index in [1.54, 1.807) is 19.1 Å². The first kappa shape index (κ1) is 13.7. The molecule has 4 heteroatoms. The summed E-state index contributed by atoms with van der Waals surface area (Å²) in [7, 11) is 0. The molecule has 0 aromatic heterocycles. The van der Waals surface area contributed by atoms with Crippen LogP contribution in [0.25, 0.3) is 0 Å². The lowest BCUT2D eigenvalue weighted by molar-refractivity contribution is 0.0526. The van der Waals surface area contributed by atoms with Gasteiger partial charge >= 0.3 is 5.97 Å². The van der Waals surface area contributed by atoms with Crippen LogP contribution in [0.1, 0.15) is 34.8 Å². The molecular formula is C13H14BrNO2. The minimum absolute atomic E-state index is 0.340. The Bertz CT molecular complexity index is 438. The molecule has 0 saturated carbocycles. The van der Waals surface area contributed by atoms with Crippen molar-refractivity contribution in [2.24, 2.45) is 0 Å². The van der Waals surface area contributed by atoms with E-state index in [9.17, 15) is 4.79 Å². The van der Waals surface area contributed by atoms with Gasteiger partial charge in [-0.15, -0.1) is 0 Å². The van der Waals surface area contributed by atoms with Gasteiger partial charge in [0.2, 0.25) is 0 Å². The fourth-order valence-electron chi connectivity index (χ4n) is 1.50. The third-order valence-corrected chi connectivity index (χ3v) is 2.79. The second-order valence-electron chi connectivity index (χ2n) is 3.54. The molecule has 0 unspecified atom stereocenters. The lowest BCUT2D eigenvalue weighted by Gasteiger charge is -2.05. The summed E-state index contributed by atoms with van der Waals surface area (Å²) in [5.41, 5.74) is 1.95. The second-order valence-corrected chi connectivity index (χ2v) is 4.34. The van der Waals surface area contributed by atoms with Gasteiger partial charge in [-0.1, -0.05) is 15.9 Å². The Hall–Kier alpha value is -1.34. The number of nitriles is 1. The molecule has 0 aliphatic rings. The van der Waals surface area contributed by atoms with Gasteiger partial charge < -0.3 is 4.74 Å². The highest BCUT2D eigenvalue weighted by Gasteiger charge is 2.09. The molecule has 0 bridgehead atoms. The SMILES string of the molecule is CCOC(=O)c1cc(C#N)cc(CCCBr)c1. The lowest BCUT2D eigenvalue weighted by Crippen LogP contribution is -2.06. The Balaban J connectivity index is 2.97. The molecule has 90 valence electrons. The molecule has 1 aromatic rings. The van der Waals surface area contributed by atoms with Gasteiger partial charge in [-0.3, -0.25) is 0 Å². The quantitative estimate of drug-likeness (QED) is 0.620. The largest absolute Gasteiger partial charge is 0.462 e. The Labute approximate surface area is 110 Å². The molecule has 0 atom stereocenters. The fraction of sp³-hybridized carbons (Fsp3) is 0.385. The molecule has 0 N–H and O–H groups in total. The summed E-state index contributed by atoms with van der Waals surface area (Å²) in [6, 6.07) is 7.23. The maximum absolute atomic E-state index is 11.6. The third-order valence-electron chi connectivity index (χ3n) is 2.23. The van der Waals surface area contributed by atoms with Crippen LogP contribution in [0.4, 0.5) is 0 Å². The van der Waals surface area contributed by atoms with Crippen molar-refractivity contribution in [2.75, 3.05) is 11.9 Å². The number of ether oxygens (including phenoxy) is 1. The van der Waals surface area contributed by atoms with Crippen molar-refractivity contribution in [2.45, 2.75) is 19.8 Å². The maximum Gasteiger partial charge on any atom is 0.338 e. The van der Waals surface area contributed by atoms with Crippen LogP contribution in [-0.4, -0.2) is 17.9 Å². The summed E-state index contributed by atoms with van der Waals surface area (Å²) in [4.78, 5) is 11.6. The average molecular weight is 296 g/mol. The van der Waals surface area contributed by atoms with E-state index in [2.05, 4.69) is 22.0 Å². The number of hydrogen-bond acceptors (Lipinski definition) is 3. The molecule has 0 aliphatic carbocycles. The number of benzene rings is 1. The van der Waals surface area contributed by atoms with Gasteiger partial charge in [0.25, 0.3) is 0 Å². The van der Waals surface area contributed by atoms with Crippen molar-refractivity contribution in [3.05, 3.63) is 34.9 Å². The summed E-state index contributed by atoms with van der Waals surface area (Å²) >= 11 is 3.36. The average Bonchev–Trinajstić information content (AvgIpc) is 2.36. The van der Waals surface area contributed by atoms with E-state index in [4.69, 9.17) is 10.00 Å². The van der Waals surface area contributed by atoms with Gasteiger partial charge in [0.15, 0.2) is 0 Å². The normalized spacial score (nSPS) is 9.71. The first-order chi connectivity index (χ1) is 8.21. The van der Waals surface area contributed by atoms with E-state index >= 15 is 0 Å². The molecular weight excluding hydrogens is 282 g/mol. The number of halogens is 1. The molecule has 0 saturated heterocycles. The molecule has 0 radical (unpaired) electrons. The van der Waals surface area contributed by atoms with Crippen molar-refractivity contribution in [1.82, 2.24) is 0 Å². The van der Waals surface area contributed by atoms with Crippen LogP contribution in [-0.2, 0) is 11.2 Å². The topological polar surface area (TPSA) is 50.1 Å². The first-order valence-corrected chi connectivity index (χ1v) is 6.60. The Kier molecular flexibility index (Phi) is 5.71. The van der Waals surface area contributed by atoms with E-state index in [0.717, 1.165) is 23.7 Å². The fourth-order valence-corrected chi connectivity index (χ4v) is 1.78. The number of alkyl halides is 1. The second kappa shape index (κ2) is 7.08. The number of esters is 1. The zero-order valence-corrected chi connectivity index (χ0v) is 11.3. The van der Waals surface area contributed by atoms with Crippen molar-refractivity contribution in [3.8, 4) is 6.07 Å². The van der Waals surface area contributed by atoms with Crippen LogP contribution in [0.15, 0.2) is 18.2 Å². The Morgan fingerprint density at radius 2 is 2.24 bits per heavy atom. The number of aryl methyl sites for hydroxylation is 1. The number of rotatable bonds is 5. The Morgan fingerprint density at radius 1 is 1.47 bits per heavy atom. The smallest absolute Gasteiger partial charge is 0.338 e. The van der Waals surface area contributed by atoms with E-state index in [1.165, 1.54) is 0 Å². The van der Waals surface area contributed by atoms with Gasteiger partial charge in [-0.2, -0.15) is 5.26 Å². The van der Waals surface area contributed by atoms with E-state index in [1.807, 2.05) is 6.07 Å². The molecule has 0 fully saturated rings. The summed E-state index contributed by atoms with van der Waals surface area (Å²) < 4.78 is 4.93. The molecule has 3 nitrogen and oxygen atoms in total. The van der Waals surface area contributed by atoms with Crippen LogP contribution in [0.5, 0.6) is 0 Å². The number of hydrogen-bond donors (Lipinski definition) is 0. The summed E-state index contributed by atoms with van der Waals surface area (Å²) in [6.07, 6.45) is 1.81. The van der Waals surface area contributed by atoms with Crippen LogP contribution in [0.3, 0.4) is 0 Å². The third kappa shape index (κ3) is 4.20. The zero-order chi connectivity index (χ0) is 12.7. The van der Waals surface area contributed by atoms with Gasteiger partial charge in [0.05, 0.1) is 23.8 Å². The van der Waals surface area contributed by atoms with Crippen LogP contribution >= 0.6 is 15.9 Å². The van der Waals surface area contributed by atoms with Crippen molar-refractivity contribution in [3.63, 3.8) is 0 Å². The highest BCUT2D eigenvalue weighted by atomic mass is 79.9. The highest BCUT2D eigenvalue weighted by Crippen LogP contribution is 2.13. The van der Waals surface area contributed by atoms with Crippen LogP contribution in [0.2, 0.25) is 0 Å². The minimum Gasteiger partial charge on any atom is -0.462 e. The van der Waals surface area contributed by atoms with E-state index in [0.29, 0.717) is 17.7 Å². The van der Waals surface area contributed by atoms with E-state index < -0.39 is 0 Å².